The molecule has 1 heterocycles. The molecule has 1 aromatic heterocycles. The SMILES string of the molecule is Cc1nc(-c2ccc(Cl)cc2)c(CN)n1C. The molecule has 0 unspecified atom stereocenters. The minimum Gasteiger partial charge on any atom is -0.334 e. The number of hydrogen-bond donors (Lipinski definition) is 1. The largest absolute Gasteiger partial charge is 0.334 e. The van der Waals surface area contributed by atoms with Gasteiger partial charge < -0.3 is 10.3 Å². The second-order valence-electron chi connectivity index (χ2n) is 3.72. The zero-order valence-electron chi connectivity index (χ0n) is 9.37. The maximum Gasteiger partial charge on any atom is 0.106 e. The first-order valence-corrected chi connectivity index (χ1v) is 5.49. The summed E-state index contributed by atoms with van der Waals surface area (Å²) in [6, 6.07) is 7.65. The molecule has 2 N–H and O–H groups in total. The van der Waals surface area contributed by atoms with Crippen LogP contribution in [-0.4, -0.2) is 9.55 Å². The van der Waals surface area contributed by atoms with Crippen molar-refractivity contribution in [3.05, 3.63) is 40.8 Å². The Labute approximate surface area is 99.9 Å². The van der Waals surface area contributed by atoms with E-state index in [4.69, 9.17) is 17.3 Å². The van der Waals surface area contributed by atoms with Crippen LogP contribution in [0, 0.1) is 6.92 Å². The zero-order valence-corrected chi connectivity index (χ0v) is 10.1. The van der Waals surface area contributed by atoms with Gasteiger partial charge in [-0.15, -0.1) is 0 Å². The van der Waals surface area contributed by atoms with E-state index in [9.17, 15) is 0 Å². The summed E-state index contributed by atoms with van der Waals surface area (Å²) in [5.41, 5.74) is 8.78. The average molecular weight is 236 g/mol. The predicted octanol–water partition coefficient (Wildman–Crippen LogP) is 2.51. The van der Waals surface area contributed by atoms with Gasteiger partial charge in [-0.1, -0.05) is 23.7 Å². The average Bonchev–Trinajstić information content (AvgIpc) is 2.56. The van der Waals surface area contributed by atoms with Crippen molar-refractivity contribution in [2.75, 3.05) is 0 Å². The third-order valence-electron chi connectivity index (χ3n) is 2.75. The molecule has 0 saturated heterocycles. The molecule has 0 aliphatic heterocycles. The summed E-state index contributed by atoms with van der Waals surface area (Å²) in [5, 5.41) is 0.728. The van der Waals surface area contributed by atoms with Crippen LogP contribution >= 0.6 is 11.6 Å². The van der Waals surface area contributed by atoms with E-state index in [1.807, 2.05) is 42.8 Å². The van der Waals surface area contributed by atoms with Crippen LogP contribution in [0.25, 0.3) is 11.3 Å². The quantitative estimate of drug-likeness (QED) is 0.869. The molecule has 0 spiro atoms. The smallest absolute Gasteiger partial charge is 0.106 e. The molecule has 2 aromatic rings. The molecule has 0 radical (unpaired) electrons. The standard InChI is InChI=1S/C12H14ClN3/c1-8-15-12(11(7-14)16(8)2)9-3-5-10(13)6-4-9/h3-6H,7,14H2,1-2H3. The Balaban J connectivity index is 2.55. The Morgan fingerprint density at radius 3 is 2.50 bits per heavy atom. The number of benzene rings is 1. The Morgan fingerprint density at radius 2 is 1.94 bits per heavy atom. The second-order valence-corrected chi connectivity index (χ2v) is 4.16. The van der Waals surface area contributed by atoms with Crippen molar-refractivity contribution in [3.63, 3.8) is 0 Å². The van der Waals surface area contributed by atoms with Crippen LogP contribution in [0.2, 0.25) is 5.02 Å². The van der Waals surface area contributed by atoms with Gasteiger partial charge in [0.15, 0.2) is 0 Å². The Kier molecular flexibility index (Phi) is 2.99. The highest BCUT2D eigenvalue weighted by molar-refractivity contribution is 6.30. The van der Waals surface area contributed by atoms with E-state index in [-0.39, 0.29) is 0 Å². The number of rotatable bonds is 2. The topological polar surface area (TPSA) is 43.8 Å². The van der Waals surface area contributed by atoms with Gasteiger partial charge in [0.05, 0.1) is 11.4 Å². The first kappa shape index (κ1) is 11.2. The van der Waals surface area contributed by atoms with Crippen molar-refractivity contribution in [2.24, 2.45) is 12.8 Å². The lowest BCUT2D eigenvalue weighted by Gasteiger charge is -2.03. The number of imidazole rings is 1. The number of hydrogen-bond acceptors (Lipinski definition) is 2. The molecule has 0 amide bonds. The number of nitrogens with zero attached hydrogens (tertiary/aromatic N) is 2. The molecule has 0 aliphatic rings. The molecule has 0 atom stereocenters. The Hall–Kier alpha value is -1.32. The predicted molar refractivity (Wildman–Crippen MR) is 66.3 cm³/mol. The molecule has 0 aliphatic carbocycles. The van der Waals surface area contributed by atoms with E-state index in [1.54, 1.807) is 0 Å². The van der Waals surface area contributed by atoms with E-state index in [1.165, 1.54) is 0 Å². The Morgan fingerprint density at radius 1 is 1.31 bits per heavy atom. The molecular weight excluding hydrogens is 222 g/mol. The van der Waals surface area contributed by atoms with Gasteiger partial charge in [-0.05, 0) is 19.1 Å². The number of halogens is 1. The summed E-state index contributed by atoms with van der Waals surface area (Å²) < 4.78 is 2.02. The van der Waals surface area contributed by atoms with Crippen LogP contribution in [-0.2, 0) is 13.6 Å². The molecular formula is C12H14ClN3. The highest BCUT2D eigenvalue weighted by atomic mass is 35.5. The van der Waals surface area contributed by atoms with E-state index in [0.29, 0.717) is 6.54 Å². The fraction of sp³-hybridized carbons (Fsp3) is 0.250. The van der Waals surface area contributed by atoms with Gasteiger partial charge in [0.1, 0.15) is 5.82 Å². The highest BCUT2D eigenvalue weighted by Crippen LogP contribution is 2.24. The second kappa shape index (κ2) is 4.28. The van der Waals surface area contributed by atoms with Crippen LogP contribution in [0.1, 0.15) is 11.5 Å². The lowest BCUT2D eigenvalue weighted by atomic mass is 10.1. The van der Waals surface area contributed by atoms with Crippen molar-refractivity contribution in [3.8, 4) is 11.3 Å². The summed E-state index contributed by atoms with van der Waals surface area (Å²) in [6.45, 7) is 2.45. The minimum absolute atomic E-state index is 0.481. The fourth-order valence-electron chi connectivity index (χ4n) is 1.73. The third kappa shape index (κ3) is 1.84. The van der Waals surface area contributed by atoms with Gasteiger partial charge in [-0.2, -0.15) is 0 Å². The van der Waals surface area contributed by atoms with Gasteiger partial charge in [0, 0.05) is 24.2 Å². The minimum atomic E-state index is 0.481. The van der Waals surface area contributed by atoms with E-state index < -0.39 is 0 Å². The number of nitrogens with two attached hydrogens (primary N) is 1. The van der Waals surface area contributed by atoms with Crippen molar-refractivity contribution in [1.29, 1.82) is 0 Å². The van der Waals surface area contributed by atoms with Gasteiger partial charge in [-0.3, -0.25) is 0 Å². The van der Waals surface area contributed by atoms with E-state index in [0.717, 1.165) is 27.8 Å². The van der Waals surface area contributed by atoms with Crippen molar-refractivity contribution >= 4 is 11.6 Å². The molecule has 0 bridgehead atoms. The first-order chi connectivity index (χ1) is 7.63. The summed E-state index contributed by atoms with van der Waals surface area (Å²) in [7, 11) is 1.98. The van der Waals surface area contributed by atoms with Gasteiger partial charge in [0.2, 0.25) is 0 Å². The van der Waals surface area contributed by atoms with Gasteiger partial charge in [0.25, 0.3) is 0 Å². The first-order valence-electron chi connectivity index (χ1n) is 5.11. The summed E-state index contributed by atoms with van der Waals surface area (Å²) in [6.07, 6.45) is 0. The van der Waals surface area contributed by atoms with Crippen LogP contribution in [0.15, 0.2) is 24.3 Å². The molecule has 4 heteroatoms. The van der Waals surface area contributed by atoms with Crippen molar-refractivity contribution in [1.82, 2.24) is 9.55 Å². The van der Waals surface area contributed by atoms with Crippen LogP contribution in [0.4, 0.5) is 0 Å². The molecule has 0 saturated carbocycles. The lowest BCUT2D eigenvalue weighted by molar-refractivity contribution is 0.789. The van der Waals surface area contributed by atoms with E-state index in [2.05, 4.69) is 4.98 Å². The van der Waals surface area contributed by atoms with E-state index >= 15 is 0 Å². The molecule has 84 valence electrons. The van der Waals surface area contributed by atoms with Crippen LogP contribution in [0.5, 0.6) is 0 Å². The highest BCUT2D eigenvalue weighted by Gasteiger charge is 2.12. The van der Waals surface area contributed by atoms with Crippen LogP contribution < -0.4 is 5.73 Å². The molecule has 2 rings (SSSR count). The lowest BCUT2D eigenvalue weighted by Crippen LogP contribution is -2.05. The summed E-state index contributed by atoms with van der Waals surface area (Å²) >= 11 is 5.86. The zero-order chi connectivity index (χ0) is 11.7. The molecule has 0 fully saturated rings. The molecule has 16 heavy (non-hydrogen) atoms. The third-order valence-corrected chi connectivity index (χ3v) is 3.00. The van der Waals surface area contributed by atoms with Crippen LogP contribution in [0.3, 0.4) is 0 Å². The molecule has 3 nitrogen and oxygen atoms in total. The van der Waals surface area contributed by atoms with Gasteiger partial charge >= 0.3 is 0 Å². The normalized spacial score (nSPS) is 10.8. The maximum atomic E-state index is 5.86. The summed E-state index contributed by atoms with van der Waals surface area (Å²) in [5.74, 6) is 0.963. The number of aryl methyl sites for hydroxylation is 1. The summed E-state index contributed by atoms with van der Waals surface area (Å²) in [4.78, 5) is 4.52. The maximum absolute atomic E-state index is 5.86. The van der Waals surface area contributed by atoms with Gasteiger partial charge in [-0.25, -0.2) is 4.98 Å². The number of aromatic nitrogens is 2. The monoisotopic (exact) mass is 235 g/mol. The van der Waals surface area contributed by atoms with Crippen molar-refractivity contribution < 1.29 is 0 Å². The Bertz CT molecular complexity index is 500. The molecule has 1 aromatic carbocycles. The fourth-order valence-corrected chi connectivity index (χ4v) is 1.85. The van der Waals surface area contributed by atoms with Crippen molar-refractivity contribution in [2.45, 2.75) is 13.5 Å².